The summed E-state index contributed by atoms with van der Waals surface area (Å²) < 4.78 is 0. The lowest BCUT2D eigenvalue weighted by molar-refractivity contribution is -0.139. The van der Waals surface area contributed by atoms with E-state index in [1.54, 1.807) is 6.20 Å². The molecule has 3 rings (SSSR count). The molecule has 4 heteroatoms. The zero-order chi connectivity index (χ0) is 14.0. The molecule has 0 unspecified atom stereocenters. The number of amides is 1. The SMILES string of the molecule is NC1(C(=O)N(Cc2cccnc2)C2CC2)CCCCC1. The highest BCUT2D eigenvalue weighted by Crippen LogP contribution is 2.34. The fraction of sp³-hybridized carbons (Fsp3) is 0.625. The highest BCUT2D eigenvalue weighted by atomic mass is 16.2. The van der Waals surface area contributed by atoms with Crippen LogP contribution in [-0.4, -0.2) is 27.4 Å². The molecule has 4 nitrogen and oxygen atoms in total. The number of nitrogens with two attached hydrogens (primary N) is 1. The number of carbonyl (C=O) groups excluding carboxylic acids is 1. The first-order valence-electron chi connectivity index (χ1n) is 7.68. The van der Waals surface area contributed by atoms with Gasteiger partial charge in [-0.25, -0.2) is 0 Å². The Labute approximate surface area is 120 Å². The van der Waals surface area contributed by atoms with Gasteiger partial charge in [0.05, 0.1) is 5.54 Å². The van der Waals surface area contributed by atoms with E-state index in [-0.39, 0.29) is 5.91 Å². The van der Waals surface area contributed by atoms with E-state index >= 15 is 0 Å². The number of carbonyl (C=O) groups is 1. The molecule has 108 valence electrons. The Bertz CT molecular complexity index is 464. The van der Waals surface area contributed by atoms with E-state index in [1.807, 2.05) is 23.2 Å². The molecule has 2 fully saturated rings. The molecule has 2 N–H and O–H groups in total. The summed E-state index contributed by atoms with van der Waals surface area (Å²) in [7, 11) is 0. The predicted molar refractivity (Wildman–Crippen MR) is 77.8 cm³/mol. The van der Waals surface area contributed by atoms with Gasteiger partial charge in [-0.2, -0.15) is 0 Å². The van der Waals surface area contributed by atoms with Gasteiger partial charge in [-0.1, -0.05) is 25.3 Å². The van der Waals surface area contributed by atoms with Gasteiger partial charge in [0.25, 0.3) is 0 Å². The second-order valence-corrected chi connectivity index (χ2v) is 6.24. The van der Waals surface area contributed by atoms with Crippen molar-refractivity contribution in [3.05, 3.63) is 30.1 Å². The number of hydrogen-bond donors (Lipinski definition) is 1. The van der Waals surface area contributed by atoms with Gasteiger partial charge in [0, 0.05) is 25.0 Å². The molecule has 0 aliphatic heterocycles. The molecule has 2 aliphatic rings. The fourth-order valence-electron chi connectivity index (χ4n) is 3.12. The lowest BCUT2D eigenvalue weighted by Gasteiger charge is -2.37. The van der Waals surface area contributed by atoms with Crippen molar-refractivity contribution in [3.8, 4) is 0 Å². The Morgan fingerprint density at radius 1 is 1.35 bits per heavy atom. The van der Waals surface area contributed by atoms with Crippen molar-refractivity contribution in [1.82, 2.24) is 9.88 Å². The monoisotopic (exact) mass is 273 g/mol. The number of pyridine rings is 1. The molecule has 1 amide bonds. The Morgan fingerprint density at radius 2 is 2.10 bits per heavy atom. The Kier molecular flexibility index (Phi) is 3.74. The summed E-state index contributed by atoms with van der Waals surface area (Å²) in [6, 6.07) is 4.34. The largest absolute Gasteiger partial charge is 0.334 e. The summed E-state index contributed by atoms with van der Waals surface area (Å²) in [5.41, 5.74) is 6.88. The van der Waals surface area contributed by atoms with Crippen LogP contribution >= 0.6 is 0 Å². The van der Waals surface area contributed by atoms with Crippen molar-refractivity contribution in [3.63, 3.8) is 0 Å². The molecule has 0 bridgehead atoms. The molecule has 1 heterocycles. The third kappa shape index (κ3) is 2.85. The minimum Gasteiger partial charge on any atom is -0.334 e. The molecule has 0 aromatic carbocycles. The maximum absolute atomic E-state index is 12.9. The number of aromatic nitrogens is 1. The van der Waals surface area contributed by atoms with Gasteiger partial charge in [0.1, 0.15) is 0 Å². The molecular formula is C16H23N3O. The second-order valence-electron chi connectivity index (χ2n) is 6.24. The number of rotatable bonds is 4. The Morgan fingerprint density at radius 3 is 2.70 bits per heavy atom. The van der Waals surface area contributed by atoms with Crippen LogP contribution in [0.25, 0.3) is 0 Å². The Hall–Kier alpha value is -1.42. The van der Waals surface area contributed by atoms with Crippen LogP contribution in [-0.2, 0) is 11.3 Å². The lowest BCUT2D eigenvalue weighted by atomic mass is 9.81. The molecule has 2 aliphatic carbocycles. The van der Waals surface area contributed by atoms with Gasteiger partial charge in [0.15, 0.2) is 0 Å². The van der Waals surface area contributed by atoms with Crippen molar-refractivity contribution < 1.29 is 4.79 Å². The van der Waals surface area contributed by atoms with Crippen LogP contribution in [0.5, 0.6) is 0 Å². The zero-order valence-corrected chi connectivity index (χ0v) is 11.9. The molecule has 2 saturated carbocycles. The summed E-state index contributed by atoms with van der Waals surface area (Å²) in [4.78, 5) is 19.0. The average molecular weight is 273 g/mol. The average Bonchev–Trinajstić information content (AvgIpc) is 3.30. The summed E-state index contributed by atoms with van der Waals surface area (Å²) in [6.45, 7) is 0.649. The van der Waals surface area contributed by atoms with Crippen LogP contribution < -0.4 is 5.73 Å². The van der Waals surface area contributed by atoms with E-state index < -0.39 is 5.54 Å². The van der Waals surface area contributed by atoms with Gasteiger partial charge in [-0.05, 0) is 37.3 Å². The third-order valence-corrected chi connectivity index (χ3v) is 4.50. The summed E-state index contributed by atoms with van der Waals surface area (Å²) >= 11 is 0. The van der Waals surface area contributed by atoms with E-state index in [0.717, 1.165) is 44.1 Å². The standard InChI is InChI=1S/C16H23N3O/c17-16(8-2-1-3-9-16)15(20)19(14-6-7-14)12-13-5-4-10-18-11-13/h4-5,10-11,14H,1-3,6-9,12,17H2. The molecule has 0 spiro atoms. The predicted octanol–water partition coefficient (Wildman–Crippen LogP) is 2.23. The first-order chi connectivity index (χ1) is 9.69. The minimum absolute atomic E-state index is 0.156. The molecule has 1 aromatic rings. The van der Waals surface area contributed by atoms with Gasteiger partial charge >= 0.3 is 0 Å². The smallest absolute Gasteiger partial charge is 0.243 e. The van der Waals surface area contributed by atoms with Crippen LogP contribution in [0.3, 0.4) is 0 Å². The minimum atomic E-state index is -0.622. The first kappa shape index (κ1) is 13.6. The van der Waals surface area contributed by atoms with Crippen LogP contribution in [0.1, 0.15) is 50.5 Å². The van der Waals surface area contributed by atoms with Crippen molar-refractivity contribution >= 4 is 5.91 Å². The number of hydrogen-bond acceptors (Lipinski definition) is 3. The molecule has 0 atom stereocenters. The van der Waals surface area contributed by atoms with Gasteiger partial charge < -0.3 is 10.6 Å². The van der Waals surface area contributed by atoms with Gasteiger partial charge in [-0.3, -0.25) is 9.78 Å². The quantitative estimate of drug-likeness (QED) is 0.915. The zero-order valence-electron chi connectivity index (χ0n) is 11.9. The third-order valence-electron chi connectivity index (χ3n) is 4.50. The normalized spacial score (nSPS) is 21.4. The number of nitrogens with zero attached hydrogens (tertiary/aromatic N) is 2. The van der Waals surface area contributed by atoms with Crippen LogP contribution in [0, 0.1) is 0 Å². The fourth-order valence-corrected chi connectivity index (χ4v) is 3.12. The maximum atomic E-state index is 12.9. The first-order valence-corrected chi connectivity index (χ1v) is 7.68. The molecule has 0 radical (unpaired) electrons. The van der Waals surface area contributed by atoms with Gasteiger partial charge in [0.2, 0.25) is 5.91 Å². The van der Waals surface area contributed by atoms with Crippen LogP contribution in [0.15, 0.2) is 24.5 Å². The Balaban J connectivity index is 1.75. The molecule has 0 saturated heterocycles. The van der Waals surface area contributed by atoms with E-state index in [4.69, 9.17) is 5.73 Å². The highest BCUT2D eigenvalue weighted by Gasteiger charge is 2.43. The second kappa shape index (κ2) is 5.52. The van der Waals surface area contributed by atoms with Crippen molar-refractivity contribution in [1.29, 1.82) is 0 Å². The molecule has 20 heavy (non-hydrogen) atoms. The summed E-state index contributed by atoms with van der Waals surface area (Å²) in [6.07, 6.45) is 10.9. The van der Waals surface area contributed by atoms with Crippen molar-refractivity contribution in [2.75, 3.05) is 0 Å². The molecular weight excluding hydrogens is 250 g/mol. The summed E-state index contributed by atoms with van der Waals surface area (Å²) in [5.74, 6) is 0.156. The van der Waals surface area contributed by atoms with E-state index in [0.29, 0.717) is 12.6 Å². The molecule has 1 aromatic heterocycles. The lowest BCUT2D eigenvalue weighted by Crippen LogP contribution is -2.56. The summed E-state index contributed by atoms with van der Waals surface area (Å²) in [5, 5.41) is 0. The van der Waals surface area contributed by atoms with Crippen LogP contribution in [0.4, 0.5) is 0 Å². The van der Waals surface area contributed by atoms with Gasteiger partial charge in [-0.15, -0.1) is 0 Å². The van der Waals surface area contributed by atoms with E-state index in [9.17, 15) is 4.79 Å². The van der Waals surface area contributed by atoms with Crippen molar-refractivity contribution in [2.24, 2.45) is 5.73 Å². The maximum Gasteiger partial charge on any atom is 0.243 e. The van der Waals surface area contributed by atoms with Crippen molar-refractivity contribution in [2.45, 2.75) is 63.1 Å². The van der Waals surface area contributed by atoms with Crippen LogP contribution in [0.2, 0.25) is 0 Å². The highest BCUT2D eigenvalue weighted by molar-refractivity contribution is 5.86. The topological polar surface area (TPSA) is 59.2 Å². The van der Waals surface area contributed by atoms with E-state index in [2.05, 4.69) is 4.98 Å². The van der Waals surface area contributed by atoms with E-state index in [1.165, 1.54) is 6.42 Å².